The average molecular weight is 269 g/mol. The van der Waals surface area contributed by atoms with Crippen LogP contribution in [0.2, 0.25) is 5.02 Å². The first kappa shape index (κ1) is 13.1. The molecule has 0 amide bonds. The van der Waals surface area contributed by atoms with Crippen molar-refractivity contribution in [1.82, 2.24) is 19.3 Å². The smallest absolute Gasteiger partial charge is 0.139 e. The van der Waals surface area contributed by atoms with Gasteiger partial charge in [-0.1, -0.05) is 11.6 Å². The van der Waals surface area contributed by atoms with Gasteiger partial charge in [0.25, 0.3) is 0 Å². The molecule has 0 fully saturated rings. The van der Waals surface area contributed by atoms with Crippen molar-refractivity contribution < 1.29 is 5.11 Å². The van der Waals surface area contributed by atoms with Gasteiger partial charge in [-0.2, -0.15) is 5.10 Å². The van der Waals surface area contributed by atoms with Crippen LogP contribution in [0.15, 0.2) is 18.7 Å². The minimum Gasteiger partial charge on any atom is -0.380 e. The van der Waals surface area contributed by atoms with E-state index in [9.17, 15) is 5.11 Å². The molecule has 0 aliphatic heterocycles. The lowest BCUT2D eigenvalue weighted by molar-refractivity contribution is 0.196. The third-order valence-corrected chi connectivity index (χ3v) is 3.22. The van der Waals surface area contributed by atoms with Gasteiger partial charge in [-0.05, 0) is 20.8 Å². The summed E-state index contributed by atoms with van der Waals surface area (Å²) in [6, 6.07) is 0.230. The van der Waals surface area contributed by atoms with Crippen molar-refractivity contribution in [3.05, 3.63) is 35.1 Å². The molecule has 0 aromatic carbocycles. The fourth-order valence-electron chi connectivity index (χ4n) is 1.99. The van der Waals surface area contributed by atoms with Gasteiger partial charge in [0.1, 0.15) is 6.10 Å². The van der Waals surface area contributed by atoms with E-state index in [-0.39, 0.29) is 6.04 Å². The maximum Gasteiger partial charge on any atom is 0.139 e. The third kappa shape index (κ3) is 2.15. The first-order valence-electron chi connectivity index (χ1n) is 5.97. The standard InChI is InChI=1S/C12H17ClN4O/c1-4-17-11(9(13)5-15-17)12(18)10-6-14-7-16(10)8(2)3/h5-8,12,18H,4H2,1-3H3. The Bertz CT molecular complexity index is 532. The number of rotatable bonds is 4. The molecule has 0 bridgehead atoms. The van der Waals surface area contributed by atoms with Crippen molar-refractivity contribution in [3.8, 4) is 0 Å². The van der Waals surface area contributed by atoms with E-state index in [1.807, 2.05) is 25.3 Å². The van der Waals surface area contributed by atoms with Gasteiger partial charge in [0, 0.05) is 12.6 Å². The van der Waals surface area contributed by atoms with Crippen LogP contribution in [-0.2, 0) is 6.54 Å². The SMILES string of the molecule is CCn1ncc(Cl)c1C(O)c1cncn1C(C)C. The summed E-state index contributed by atoms with van der Waals surface area (Å²) in [6.45, 7) is 6.70. The van der Waals surface area contributed by atoms with Crippen LogP contribution < -0.4 is 0 Å². The summed E-state index contributed by atoms with van der Waals surface area (Å²) >= 11 is 6.09. The van der Waals surface area contributed by atoms with Crippen LogP contribution in [0.4, 0.5) is 0 Å². The highest BCUT2D eigenvalue weighted by Crippen LogP contribution is 2.29. The van der Waals surface area contributed by atoms with E-state index in [1.165, 1.54) is 0 Å². The van der Waals surface area contributed by atoms with E-state index in [0.717, 1.165) is 5.69 Å². The van der Waals surface area contributed by atoms with Crippen LogP contribution in [-0.4, -0.2) is 24.4 Å². The molecule has 0 saturated heterocycles. The molecule has 2 aromatic heterocycles. The second-order valence-corrected chi connectivity index (χ2v) is 4.82. The van der Waals surface area contributed by atoms with Crippen molar-refractivity contribution in [2.24, 2.45) is 0 Å². The van der Waals surface area contributed by atoms with Gasteiger partial charge in [0.05, 0.1) is 35.1 Å². The Kier molecular flexibility index (Phi) is 3.73. The lowest BCUT2D eigenvalue weighted by atomic mass is 10.2. The van der Waals surface area contributed by atoms with Crippen molar-refractivity contribution in [3.63, 3.8) is 0 Å². The number of hydrogen-bond donors (Lipinski definition) is 1. The van der Waals surface area contributed by atoms with Gasteiger partial charge < -0.3 is 9.67 Å². The molecule has 98 valence electrons. The first-order valence-corrected chi connectivity index (χ1v) is 6.35. The molecule has 5 nitrogen and oxygen atoms in total. The molecule has 0 aliphatic rings. The monoisotopic (exact) mass is 268 g/mol. The van der Waals surface area contributed by atoms with Crippen molar-refractivity contribution in [2.45, 2.75) is 39.5 Å². The summed E-state index contributed by atoms with van der Waals surface area (Å²) < 4.78 is 3.62. The maximum atomic E-state index is 10.5. The van der Waals surface area contributed by atoms with E-state index in [1.54, 1.807) is 23.4 Å². The van der Waals surface area contributed by atoms with Gasteiger partial charge in [-0.3, -0.25) is 4.68 Å². The topological polar surface area (TPSA) is 55.9 Å². The van der Waals surface area contributed by atoms with Crippen LogP contribution in [0, 0.1) is 0 Å². The zero-order valence-corrected chi connectivity index (χ0v) is 11.5. The van der Waals surface area contributed by atoms with Crippen LogP contribution in [0.5, 0.6) is 0 Å². The quantitative estimate of drug-likeness (QED) is 0.926. The summed E-state index contributed by atoms with van der Waals surface area (Å²) in [4.78, 5) is 4.09. The highest BCUT2D eigenvalue weighted by Gasteiger charge is 2.23. The van der Waals surface area contributed by atoms with Gasteiger partial charge in [0.15, 0.2) is 0 Å². The fourth-order valence-corrected chi connectivity index (χ4v) is 2.24. The molecule has 18 heavy (non-hydrogen) atoms. The molecule has 6 heteroatoms. The van der Waals surface area contributed by atoms with E-state index in [4.69, 9.17) is 11.6 Å². The molecule has 2 aromatic rings. The van der Waals surface area contributed by atoms with Gasteiger partial charge in [-0.25, -0.2) is 4.98 Å². The Morgan fingerprint density at radius 1 is 1.39 bits per heavy atom. The van der Waals surface area contributed by atoms with Crippen LogP contribution in [0.1, 0.15) is 44.3 Å². The number of hydrogen-bond acceptors (Lipinski definition) is 3. The number of aryl methyl sites for hydroxylation is 1. The van der Waals surface area contributed by atoms with Crippen LogP contribution in [0.3, 0.4) is 0 Å². The Balaban J connectivity index is 2.44. The first-order chi connectivity index (χ1) is 8.56. The largest absolute Gasteiger partial charge is 0.380 e. The molecule has 1 atom stereocenters. The van der Waals surface area contributed by atoms with Gasteiger partial charge >= 0.3 is 0 Å². The number of aliphatic hydroxyl groups excluding tert-OH is 1. The van der Waals surface area contributed by atoms with Gasteiger partial charge in [0.2, 0.25) is 0 Å². The van der Waals surface area contributed by atoms with Gasteiger partial charge in [-0.15, -0.1) is 0 Å². The minimum absolute atomic E-state index is 0.230. The van der Waals surface area contributed by atoms with Crippen molar-refractivity contribution in [1.29, 1.82) is 0 Å². The summed E-state index contributed by atoms with van der Waals surface area (Å²) in [5.41, 5.74) is 1.34. The molecule has 0 aliphatic carbocycles. The van der Waals surface area contributed by atoms with Crippen molar-refractivity contribution >= 4 is 11.6 Å². The second kappa shape index (κ2) is 5.12. The van der Waals surface area contributed by atoms with E-state index < -0.39 is 6.10 Å². The summed E-state index contributed by atoms with van der Waals surface area (Å²) in [5.74, 6) is 0. The zero-order valence-electron chi connectivity index (χ0n) is 10.7. The van der Waals surface area contributed by atoms with E-state index in [0.29, 0.717) is 17.3 Å². The maximum absolute atomic E-state index is 10.5. The molecule has 1 unspecified atom stereocenters. The Morgan fingerprint density at radius 3 is 2.72 bits per heavy atom. The molecule has 0 radical (unpaired) electrons. The van der Waals surface area contributed by atoms with Crippen molar-refractivity contribution in [2.75, 3.05) is 0 Å². The van der Waals surface area contributed by atoms with E-state index >= 15 is 0 Å². The van der Waals surface area contributed by atoms with Crippen LogP contribution >= 0.6 is 11.6 Å². The number of imidazole rings is 1. The van der Waals surface area contributed by atoms with E-state index in [2.05, 4.69) is 10.1 Å². The molecule has 2 rings (SSSR count). The lowest BCUT2D eigenvalue weighted by Gasteiger charge is -2.17. The third-order valence-electron chi connectivity index (χ3n) is 2.92. The summed E-state index contributed by atoms with van der Waals surface area (Å²) in [6.07, 6.45) is 4.11. The highest BCUT2D eigenvalue weighted by molar-refractivity contribution is 6.31. The number of aromatic nitrogens is 4. The molecular formula is C12H17ClN4O. The molecule has 2 heterocycles. The normalized spacial score (nSPS) is 13.2. The lowest BCUT2D eigenvalue weighted by Crippen LogP contribution is -2.14. The Morgan fingerprint density at radius 2 is 2.11 bits per heavy atom. The Hall–Kier alpha value is -1.33. The Labute approximate surface area is 111 Å². The second-order valence-electron chi connectivity index (χ2n) is 4.42. The summed E-state index contributed by atoms with van der Waals surface area (Å²) in [7, 11) is 0. The fraction of sp³-hybridized carbons (Fsp3) is 0.500. The average Bonchev–Trinajstić information content (AvgIpc) is 2.94. The highest BCUT2D eigenvalue weighted by atomic mass is 35.5. The molecular weight excluding hydrogens is 252 g/mol. The predicted molar refractivity (Wildman–Crippen MR) is 69.6 cm³/mol. The number of halogens is 1. The zero-order chi connectivity index (χ0) is 13.3. The predicted octanol–water partition coefficient (Wildman–Crippen LogP) is 2.42. The number of nitrogens with zero attached hydrogens (tertiary/aromatic N) is 4. The number of aliphatic hydroxyl groups is 1. The minimum atomic E-state index is -0.815. The summed E-state index contributed by atoms with van der Waals surface area (Å²) in [5, 5.41) is 15.1. The molecule has 1 N–H and O–H groups in total. The molecule has 0 spiro atoms. The van der Waals surface area contributed by atoms with Crippen LogP contribution in [0.25, 0.3) is 0 Å². The molecule has 0 saturated carbocycles.